The molecule has 3 heteroatoms. The molecule has 0 aliphatic carbocycles. The second-order valence-electron chi connectivity index (χ2n) is 3.11. The first-order chi connectivity index (χ1) is 6.15. The fraction of sp³-hybridized carbons (Fsp3) is 0.300. The van der Waals surface area contributed by atoms with Crippen LogP contribution in [0.4, 0.5) is 5.82 Å². The van der Waals surface area contributed by atoms with Gasteiger partial charge in [0.25, 0.3) is 0 Å². The van der Waals surface area contributed by atoms with Crippen LogP contribution in [0, 0.1) is 0 Å². The summed E-state index contributed by atoms with van der Waals surface area (Å²) in [5.41, 5.74) is 6.74. The summed E-state index contributed by atoms with van der Waals surface area (Å²) in [4.78, 5) is 6.19. The quantitative estimate of drug-likeness (QED) is 0.708. The van der Waals surface area contributed by atoms with Gasteiger partial charge in [-0.15, -0.1) is 6.58 Å². The molecule has 0 radical (unpaired) electrons. The van der Waals surface area contributed by atoms with Gasteiger partial charge in [0.1, 0.15) is 5.82 Å². The number of pyridine rings is 1. The molecule has 70 valence electrons. The van der Waals surface area contributed by atoms with Crippen LogP contribution in [0.25, 0.3) is 0 Å². The van der Waals surface area contributed by atoms with Crippen molar-refractivity contribution in [3.63, 3.8) is 0 Å². The van der Waals surface area contributed by atoms with E-state index < -0.39 is 0 Å². The molecule has 0 aromatic carbocycles. The molecule has 0 saturated carbocycles. The van der Waals surface area contributed by atoms with Gasteiger partial charge in [-0.2, -0.15) is 0 Å². The van der Waals surface area contributed by atoms with Crippen molar-refractivity contribution >= 4 is 5.82 Å². The van der Waals surface area contributed by atoms with Gasteiger partial charge in [0, 0.05) is 26.3 Å². The second-order valence-corrected chi connectivity index (χ2v) is 3.11. The Hall–Kier alpha value is -1.35. The maximum Gasteiger partial charge on any atom is 0.127 e. The minimum Gasteiger partial charge on any atom is -0.363 e. The molecule has 1 heterocycles. The lowest BCUT2D eigenvalue weighted by molar-refractivity contribution is 0.900. The van der Waals surface area contributed by atoms with Gasteiger partial charge in [0.05, 0.1) is 0 Å². The molecule has 1 aromatic heterocycles. The van der Waals surface area contributed by atoms with E-state index in [0.29, 0.717) is 0 Å². The molecular formula is C10H15N3. The van der Waals surface area contributed by atoms with Crippen molar-refractivity contribution in [3.8, 4) is 0 Å². The summed E-state index contributed by atoms with van der Waals surface area (Å²) in [7, 11) is 3.91. The number of anilines is 1. The lowest BCUT2D eigenvalue weighted by Crippen LogP contribution is -2.12. The van der Waals surface area contributed by atoms with Crippen LogP contribution in [0.15, 0.2) is 31.0 Å². The van der Waals surface area contributed by atoms with Crippen molar-refractivity contribution in [3.05, 3.63) is 36.5 Å². The third kappa shape index (κ3) is 2.29. The number of hydrogen-bond acceptors (Lipinski definition) is 3. The fourth-order valence-electron chi connectivity index (χ4n) is 0.995. The number of hydrogen-bond donors (Lipinski definition) is 1. The smallest absolute Gasteiger partial charge is 0.127 e. The van der Waals surface area contributed by atoms with Crippen molar-refractivity contribution in [1.82, 2.24) is 4.98 Å². The zero-order valence-electron chi connectivity index (χ0n) is 8.07. The van der Waals surface area contributed by atoms with Crippen molar-refractivity contribution in [2.75, 3.05) is 19.0 Å². The van der Waals surface area contributed by atoms with Gasteiger partial charge in [-0.1, -0.05) is 12.1 Å². The molecule has 1 atom stereocenters. The van der Waals surface area contributed by atoms with Gasteiger partial charge >= 0.3 is 0 Å². The summed E-state index contributed by atoms with van der Waals surface area (Å²) in [5.74, 6) is 0.931. The van der Waals surface area contributed by atoms with Crippen LogP contribution in [0.1, 0.15) is 11.6 Å². The first kappa shape index (κ1) is 9.74. The van der Waals surface area contributed by atoms with E-state index in [1.54, 1.807) is 12.3 Å². The summed E-state index contributed by atoms with van der Waals surface area (Å²) in [6.07, 6.45) is 3.48. The Labute approximate surface area is 78.9 Å². The first-order valence-electron chi connectivity index (χ1n) is 4.16. The summed E-state index contributed by atoms with van der Waals surface area (Å²) in [5, 5.41) is 0. The van der Waals surface area contributed by atoms with E-state index in [9.17, 15) is 0 Å². The van der Waals surface area contributed by atoms with Crippen molar-refractivity contribution in [1.29, 1.82) is 0 Å². The molecule has 0 amide bonds. The van der Waals surface area contributed by atoms with Gasteiger partial charge < -0.3 is 10.6 Å². The van der Waals surface area contributed by atoms with Gasteiger partial charge in [0.2, 0.25) is 0 Å². The van der Waals surface area contributed by atoms with E-state index >= 15 is 0 Å². The molecule has 2 N–H and O–H groups in total. The van der Waals surface area contributed by atoms with Crippen LogP contribution in [0.5, 0.6) is 0 Å². The number of nitrogens with two attached hydrogens (primary N) is 1. The fourth-order valence-corrected chi connectivity index (χ4v) is 0.995. The first-order valence-corrected chi connectivity index (χ1v) is 4.16. The summed E-state index contributed by atoms with van der Waals surface area (Å²) < 4.78 is 0. The third-order valence-corrected chi connectivity index (χ3v) is 1.87. The van der Waals surface area contributed by atoms with Crippen LogP contribution in [0.3, 0.4) is 0 Å². The highest BCUT2D eigenvalue weighted by atomic mass is 15.1. The van der Waals surface area contributed by atoms with Crippen LogP contribution in [0.2, 0.25) is 0 Å². The molecule has 1 aromatic rings. The Morgan fingerprint density at radius 1 is 1.54 bits per heavy atom. The minimum atomic E-state index is -0.122. The average Bonchev–Trinajstić information content (AvgIpc) is 2.17. The van der Waals surface area contributed by atoms with Gasteiger partial charge in [-0.3, -0.25) is 0 Å². The summed E-state index contributed by atoms with van der Waals surface area (Å²) in [6.45, 7) is 3.63. The standard InChI is InChI=1S/C10H15N3/c1-4-9(11)8-5-6-10(12-7-8)13(2)3/h4-7,9H,1,11H2,2-3H3/t9-/m0/s1. The maximum absolute atomic E-state index is 5.75. The maximum atomic E-state index is 5.75. The molecule has 1 rings (SSSR count). The third-order valence-electron chi connectivity index (χ3n) is 1.87. The Morgan fingerprint density at radius 2 is 2.23 bits per heavy atom. The van der Waals surface area contributed by atoms with Crippen molar-refractivity contribution in [2.24, 2.45) is 5.73 Å². The van der Waals surface area contributed by atoms with E-state index in [1.165, 1.54) is 0 Å². The highest BCUT2D eigenvalue weighted by Crippen LogP contribution is 2.13. The summed E-state index contributed by atoms with van der Waals surface area (Å²) >= 11 is 0. The predicted octanol–water partition coefficient (Wildman–Crippen LogP) is 1.33. The van der Waals surface area contributed by atoms with Gasteiger partial charge in [-0.05, 0) is 11.6 Å². The van der Waals surface area contributed by atoms with E-state index in [4.69, 9.17) is 5.73 Å². The number of aromatic nitrogens is 1. The van der Waals surface area contributed by atoms with E-state index in [-0.39, 0.29) is 6.04 Å². The zero-order valence-corrected chi connectivity index (χ0v) is 8.07. The lowest BCUT2D eigenvalue weighted by Gasteiger charge is -2.12. The largest absolute Gasteiger partial charge is 0.363 e. The Bertz CT molecular complexity index is 277. The molecule has 0 spiro atoms. The van der Waals surface area contributed by atoms with Crippen LogP contribution in [-0.2, 0) is 0 Å². The van der Waals surface area contributed by atoms with E-state index in [2.05, 4.69) is 11.6 Å². The SMILES string of the molecule is C=C[C@H](N)c1ccc(N(C)C)nc1. The summed E-state index contributed by atoms with van der Waals surface area (Å²) in [6, 6.07) is 3.79. The number of rotatable bonds is 3. The Morgan fingerprint density at radius 3 is 2.62 bits per heavy atom. The molecule has 0 aliphatic heterocycles. The number of nitrogens with zero attached hydrogens (tertiary/aromatic N) is 2. The molecule has 3 nitrogen and oxygen atoms in total. The Balaban J connectivity index is 2.87. The lowest BCUT2D eigenvalue weighted by atomic mass is 10.1. The van der Waals surface area contributed by atoms with Gasteiger partial charge in [-0.25, -0.2) is 4.98 Å². The highest BCUT2D eigenvalue weighted by Gasteiger charge is 2.02. The molecule has 0 aliphatic rings. The van der Waals surface area contributed by atoms with Crippen molar-refractivity contribution in [2.45, 2.75) is 6.04 Å². The highest BCUT2D eigenvalue weighted by molar-refractivity contribution is 5.38. The topological polar surface area (TPSA) is 42.1 Å². The normalized spacial score (nSPS) is 12.2. The van der Waals surface area contributed by atoms with Crippen LogP contribution < -0.4 is 10.6 Å². The van der Waals surface area contributed by atoms with E-state index in [1.807, 2.05) is 31.1 Å². The zero-order chi connectivity index (χ0) is 9.84. The monoisotopic (exact) mass is 177 g/mol. The molecule has 0 fully saturated rings. The average molecular weight is 177 g/mol. The molecule has 0 bridgehead atoms. The molecule has 0 saturated heterocycles. The molecule has 13 heavy (non-hydrogen) atoms. The van der Waals surface area contributed by atoms with Gasteiger partial charge in [0.15, 0.2) is 0 Å². The second kappa shape index (κ2) is 4.05. The molecular weight excluding hydrogens is 162 g/mol. The van der Waals surface area contributed by atoms with E-state index in [0.717, 1.165) is 11.4 Å². The van der Waals surface area contributed by atoms with Crippen LogP contribution in [-0.4, -0.2) is 19.1 Å². The van der Waals surface area contributed by atoms with Crippen LogP contribution >= 0.6 is 0 Å². The predicted molar refractivity (Wildman–Crippen MR) is 55.7 cm³/mol. The Kier molecular flexibility index (Phi) is 3.03. The molecule has 0 unspecified atom stereocenters. The minimum absolute atomic E-state index is 0.122. The van der Waals surface area contributed by atoms with Crippen molar-refractivity contribution < 1.29 is 0 Å².